The van der Waals surface area contributed by atoms with Gasteiger partial charge in [-0.2, -0.15) is 0 Å². The van der Waals surface area contributed by atoms with E-state index in [9.17, 15) is 9.67 Å². The highest BCUT2D eigenvalue weighted by Crippen LogP contribution is 2.48. The van der Waals surface area contributed by atoms with Gasteiger partial charge in [-0.05, 0) is 37.1 Å². The van der Waals surface area contributed by atoms with E-state index in [0.29, 0.717) is 24.1 Å². The molecule has 1 aromatic carbocycles. The Balaban J connectivity index is 2.83. The molecule has 1 atom stereocenters. The molecule has 0 spiro atoms. The van der Waals surface area contributed by atoms with E-state index in [1.807, 2.05) is 0 Å². The summed E-state index contributed by atoms with van der Waals surface area (Å²) in [5.74, 6) is 0.482. The van der Waals surface area contributed by atoms with Crippen molar-refractivity contribution in [1.82, 2.24) is 0 Å². The first-order valence-corrected chi connectivity index (χ1v) is 7.93. The van der Waals surface area contributed by atoms with Gasteiger partial charge in [0.05, 0.1) is 20.3 Å². The third-order valence-electron chi connectivity index (χ3n) is 2.69. The summed E-state index contributed by atoms with van der Waals surface area (Å²) in [6, 6.07) is 3.43. The molecule has 0 saturated carbocycles. The lowest BCUT2D eigenvalue weighted by molar-refractivity contribution is 0.205. The van der Waals surface area contributed by atoms with E-state index in [2.05, 4.69) is 0 Å². The molecular formula is C13H21O5P. The minimum atomic E-state index is -3.02. The van der Waals surface area contributed by atoms with Crippen LogP contribution in [0.2, 0.25) is 0 Å². The summed E-state index contributed by atoms with van der Waals surface area (Å²) < 4.78 is 27.8. The molecule has 0 aromatic heterocycles. The smallest absolute Gasteiger partial charge is 0.330 e. The van der Waals surface area contributed by atoms with Crippen molar-refractivity contribution in [2.75, 3.05) is 19.9 Å². The van der Waals surface area contributed by atoms with Crippen LogP contribution >= 0.6 is 7.60 Å². The molecule has 108 valence electrons. The lowest BCUT2D eigenvalue weighted by atomic mass is 10.1. The number of ether oxygens (including phenoxy) is 1. The largest absolute Gasteiger partial charge is 0.504 e. The van der Waals surface area contributed by atoms with Gasteiger partial charge >= 0.3 is 7.60 Å². The molecular weight excluding hydrogens is 267 g/mol. The van der Waals surface area contributed by atoms with Crippen molar-refractivity contribution < 1.29 is 23.5 Å². The second-order valence-corrected chi connectivity index (χ2v) is 6.45. The zero-order chi connectivity index (χ0) is 14.5. The number of hydrogen-bond acceptors (Lipinski definition) is 5. The Kier molecular flexibility index (Phi) is 5.85. The summed E-state index contributed by atoms with van der Waals surface area (Å²) in [6.45, 7) is 5.81. The van der Waals surface area contributed by atoms with Crippen LogP contribution < -0.4 is 4.74 Å². The minimum Gasteiger partial charge on any atom is -0.504 e. The highest BCUT2D eigenvalue weighted by molar-refractivity contribution is 7.53. The molecule has 1 N–H and O–H groups in total. The van der Waals surface area contributed by atoms with Crippen molar-refractivity contribution in [2.45, 2.75) is 27.4 Å². The fourth-order valence-electron chi connectivity index (χ4n) is 1.65. The molecule has 0 radical (unpaired) electrons. The van der Waals surface area contributed by atoms with Gasteiger partial charge in [0.2, 0.25) is 0 Å². The normalized spacial score (nSPS) is 14.1. The van der Waals surface area contributed by atoms with Gasteiger partial charge in [-0.15, -0.1) is 0 Å². The molecule has 0 heterocycles. The average Bonchev–Trinajstić information content (AvgIpc) is 2.40. The van der Waals surface area contributed by atoms with Crippen molar-refractivity contribution >= 4 is 7.60 Å². The molecule has 6 heteroatoms. The van der Waals surface area contributed by atoms with Gasteiger partial charge in [0.25, 0.3) is 0 Å². The van der Waals surface area contributed by atoms with Crippen LogP contribution in [0.5, 0.6) is 11.5 Å². The van der Waals surface area contributed by atoms with E-state index in [1.54, 1.807) is 32.9 Å². The standard InChI is InChI=1S/C13H21O5P/c1-5-17-19(15,6-2)18-9-11-7-10(3)13(14)12(8-11)16-4/h7-8,14H,5-6,9H2,1-4H3. The Morgan fingerprint density at radius 2 is 1.95 bits per heavy atom. The molecule has 0 aliphatic heterocycles. The third-order valence-corrected chi connectivity index (χ3v) is 4.63. The maximum Gasteiger partial charge on any atom is 0.330 e. The van der Waals surface area contributed by atoms with Gasteiger partial charge in [0, 0.05) is 6.16 Å². The minimum absolute atomic E-state index is 0.106. The van der Waals surface area contributed by atoms with Crippen molar-refractivity contribution in [1.29, 1.82) is 0 Å². The van der Waals surface area contributed by atoms with E-state index in [1.165, 1.54) is 7.11 Å². The number of methoxy groups -OCH3 is 1. The number of phenols is 1. The number of phenolic OH excluding ortho intramolecular Hbond substituents is 1. The number of aryl methyl sites for hydroxylation is 1. The fraction of sp³-hybridized carbons (Fsp3) is 0.538. The molecule has 0 aliphatic carbocycles. The van der Waals surface area contributed by atoms with Crippen molar-refractivity contribution in [2.24, 2.45) is 0 Å². The lowest BCUT2D eigenvalue weighted by Crippen LogP contribution is -1.99. The van der Waals surface area contributed by atoms with Crippen LogP contribution in [0.3, 0.4) is 0 Å². The Hall–Kier alpha value is -1.03. The van der Waals surface area contributed by atoms with Gasteiger partial charge in [0.1, 0.15) is 0 Å². The maximum atomic E-state index is 12.1. The van der Waals surface area contributed by atoms with Crippen LogP contribution in [-0.4, -0.2) is 25.0 Å². The van der Waals surface area contributed by atoms with Crippen LogP contribution in [0.4, 0.5) is 0 Å². The quantitative estimate of drug-likeness (QED) is 0.778. The predicted molar refractivity (Wildman–Crippen MR) is 74.0 cm³/mol. The molecule has 0 aliphatic rings. The topological polar surface area (TPSA) is 65.0 Å². The summed E-state index contributed by atoms with van der Waals surface area (Å²) >= 11 is 0. The summed E-state index contributed by atoms with van der Waals surface area (Å²) in [4.78, 5) is 0. The van der Waals surface area contributed by atoms with Gasteiger partial charge in [0.15, 0.2) is 11.5 Å². The van der Waals surface area contributed by atoms with Crippen LogP contribution in [0.25, 0.3) is 0 Å². The monoisotopic (exact) mass is 288 g/mol. The maximum absolute atomic E-state index is 12.1. The van der Waals surface area contributed by atoms with E-state index in [4.69, 9.17) is 13.8 Å². The Labute approximate surface area is 114 Å². The molecule has 1 aromatic rings. The van der Waals surface area contributed by atoms with Crippen LogP contribution in [-0.2, 0) is 20.2 Å². The second-order valence-electron chi connectivity index (χ2n) is 4.08. The molecule has 0 amide bonds. The molecule has 0 bridgehead atoms. The Morgan fingerprint density at radius 1 is 1.26 bits per heavy atom. The van der Waals surface area contributed by atoms with Gasteiger partial charge in [-0.3, -0.25) is 4.57 Å². The zero-order valence-corrected chi connectivity index (χ0v) is 12.7. The van der Waals surface area contributed by atoms with E-state index < -0.39 is 7.60 Å². The number of aromatic hydroxyl groups is 1. The first-order chi connectivity index (χ1) is 8.95. The highest BCUT2D eigenvalue weighted by Gasteiger charge is 2.21. The zero-order valence-electron chi connectivity index (χ0n) is 11.8. The van der Waals surface area contributed by atoms with Gasteiger partial charge in [-0.25, -0.2) is 0 Å². The summed E-state index contributed by atoms with van der Waals surface area (Å²) in [5.41, 5.74) is 1.46. The van der Waals surface area contributed by atoms with Crippen molar-refractivity contribution in [3.05, 3.63) is 23.3 Å². The summed E-state index contributed by atoms with van der Waals surface area (Å²) in [6.07, 6.45) is 0.328. The highest BCUT2D eigenvalue weighted by atomic mass is 31.2. The van der Waals surface area contributed by atoms with Crippen LogP contribution in [0.1, 0.15) is 25.0 Å². The Morgan fingerprint density at radius 3 is 2.47 bits per heavy atom. The van der Waals surface area contributed by atoms with Crippen LogP contribution in [0, 0.1) is 6.92 Å². The van der Waals surface area contributed by atoms with Gasteiger partial charge < -0.3 is 18.9 Å². The third kappa shape index (κ3) is 4.23. The molecule has 1 unspecified atom stereocenters. The average molecular weight is 288 g/mol. The molecule has 19 heavy (non-hydrogen) atoms. The van der Waals surface area contributed by atoms with Gasteiger partial charge in [-0.1, -0.05) is 6.92 Å². The Bertz CT molecular complexity index is 472. The lowest BCUT2D eigenvalue weighted by Gasteiger charge is -2.16. The van der Waals surface area contributed by atoms with E-state index in [-0.39, 0.29) is 12.4 Å². The molecule has 0 saturated heterocycles. The summed E-state index contributed by atoms with van der Waals surface area (Å²) in [7, 11) is -1.54. The second kappa shape index (κ2) is 6.94. The molecule has 1 rings (SSSR count). The van der Waals surface area contributed by atoms with Crippen molar-refractivity contribution in [3.63, 3.8) is 0 Å². The van der Waals surface area contributed by atoms with E-state index >= 15 is 0 Å². The van der Waals surface area contributed by atoms with E-state index in [0.717, 1.165) is 5.56 Å². The number of hydrogen-bond donors (Lipinski definition) is 1. The molecule has 0 fully saturated rings. The predicted octanol–water partition coefficient (Wildman–Crippen LogP) is 3.48. The number of benzene rings is 1. The summed E-state index contributed by atoms with van der Waals surface area (Å²) in [5, 5.41) is 9.74. The van der Waals surface area contributed by atoms with Crippen LogP contribution in [0.15, 0.2) is 12.1 Å². The fourth-order valence-corrected chi connectivity index (χ4v) is 2.83. The SMILES string of the molecule is CCOP(=O)(CC)OCc1cc(C)c(O)c(OC)c1. The first-order valence-electron chi connectivity index (χ1n) is 6.20. The molecule has 5 nitrogen and oxygen atoms in total. The number of rotatable bonds is 7. The van der Waals surface area contributed by atoms with Crippen molar-refractivity contribution in [3.8, 4) is 11.5 Å². The first kappa shape index (κ1) is 16.0.